The number of nitrogens with one attached hydrogen (secondary N) is 1. The van der Waals surface area contributed by atoms with Crippen LogP contribution in [0.15, 0.2) is 53.7 Å². The second kappa shape index (κ2) is 9.56. The highest BCUT2D eigenvalue weighted by molar-refractivity contribution is 7.99. The maximum absolute atomic E-state index is 12.7. The van der Waals surface area contributed by atoms with E-state index >= 15 is 0 Å². The molecule has 3 aromatic rings. The van der Waals surface area contributed by atoms with Crippen LogP contribution in [-0.4, -0.2) is 33.5 Å². The summed E-state index contributed by atoms with van der Waals surface area (Å²) in [6.45, 7) is 4.19. The average Bonchev–Trinajstić information content (AvgIpc) is 3.22. The molecule has 0 saturated carbocycles. The lowest BCUT2D eigenvalue weighted by Crippen LogP contribution is -2.32. The van der Waals surface area contributed by atoms with E-state index in [2.05, 4.69) is 52.1 Å². The van der Waals surface area contributed by atoms with E-state index in [0.717, 1.165) is 41.6 Å². The molecule has 162 valence electrons. The van der Waals surface area contributed by atoms with Gasteiger partial charge in [0.1, 0.15) is 5.75 Å². The van der Waals surface area contributed by atoms with Crippen molar-refractivity contribution in [1.82, 2.24) is 20.1 Å². The molecular formula is C24H28N4O2S. The first kappa shape index (κ1) is 21.4. The van der Waals surface area contributed by atoms with Crippen LogP contribution < -0.4 is 10.1 Å². The second-order valence-corrected chi connectivity index (χ2v) is 8.94. The van der Waals surface area contributed by atoms with Gasteiger partial charge in [-0.1, -0.05) is 36.0 Å². The lowest BCUT2D eigenvalue weighted by Gasteiger charge is -2.26. The zero-order valence-corrected chi connectivity index (χ0v) is 19.0. The first-order valence-electron chi connectivity index (χ1n) is 10.7. The van der Waals surface area contributed by atoms with Crippen LogP contribution in [0.2, 0.25) is 0 Å². The predicted octanol–water partition coefficient (Wildman–Crippen LogP) is 4.82. The molecule has 0 aliphatic heterocycles. The van der Waals surface area contributed by atoms with E-state index in [1.807, 2.05) is 30.3 Å². The van der Waals surface area contributed by atoms with Gasteiger partial charge in [0.15, 0.2) is 11.0 Å². The number of carbonyl (C=O) groups excluding carboxylic acids is 1. The van der Waals surface area contributed by atoms with Crippen LogP contribution >= 0.6 is 11.8 Å². The topological polar surface area (TPSA) is 69.0 Å². The number of hydrogen-bond acceptors (Lipinski definition) is 5. The highest BCUT2D eigenvalue weighted by Gasteiger charge is 2.22. The largest absolute Gasteiger partial charge is 0.497 e. The summed E-state index contributed by atoms with van der Waals surface area (Å²) in [5, 5.41) is 12.7. The van der Waals surface area contributed by atoms with Crippen molar-refractivity contribution in [3.05, 3.63) is 59.7 Å². The van der Waals surface area contributed by atoms with Gasteiger partial charge >= 0.3 is 0 Å². The van der Waals surface area contributed by atoms with Gasteiger partial charge in [0.2, 0.25) is 5.91 Å². The van der Waals surface area contributed by atoms with E-state index in [1.54, 1.807) is 7.11 Å². The van der Waals surface area contributed by atoms with Crippen molar-refractivity contribution in [3.8, 4) is 17.1 Å². The van der Waals surface area contributed by atoms with Crippen LogP contribution in [0.1, 0.15) is 49.9 Å². The predicted molar refractivity (Wildman–Crippen MR) is 123 cm³/mol. The van der Waals surface area contributed by atoms with Crippen molar-refractivity contribution in [1.29, 1.82) is 0 Å². The quantitative estimate of drug-likeness (QED) is 0.538. The third-order valence-corrected chi connectivity index (χ3v) is 6.51. The molecule has 0 saturated heterocycles. The molecule has 1 aliphatic carbocycles. The molecule has 2 aromatic carbocycles. The summed E-state index contributed by atoms with van der Waals surface area (Å²) in [4.78, 5) is 12.7. The fraction of sp³-hybridized carbons (Fsp3) is 0.375. The maximum Gasteiger partial charge on any atom is 0.230 e. The molecule has 31 heavy (non-hydrogen) atoms. The number of benzene rings is 2. The van der Waals surface area contributed by atoms with E-state index in [0.29, 0.717) is 5.75 Å². The van der Waals surface area contributed by atoms with Crippen molar-refractivity contribution in [2.45, 2.75) is 50.4 Å². The third kappa shape index (κ3) is 4.77. The summed E-state index contributed by atoms with van der Waals surface area (Å²) in [6.07, 6.45) is 3.17. The van der Waals surface area contributed by atoms with Gasteiger partial charge in [-0.3, -0.25) is 9.36 Å². The Morgan fingerprint density at radius 2 is 1.97 bits per heavy atom. The number of ether oxygens (including phenoxy) is 1. The molecule has 0 radical (unpaired) electrons. The van der Waals surface area contributed by atoms with Crippen molar-refractivity contribution in [2.75, 3.05) is 12.9 Å². The lowest BCUT2D eigenvalue weighted by molar-refractivity contribution is -0.119. The van der Waals surface area contributed by atoms with E-state index in [9.17, 15) is 4.79 Å². The number of methoxy groups -OCH3 is 1. The molecule has 1 amide bonds. The molecule has 1 N–H and O–H groups in total. The average molecular weight is 437 g/mol. The van der Waals surface area contributed by atoms with Crippen molar-refractivity contribution in [3.63, 3.8) is 0 Å². The van der Waals surface area contributed by atoms with Gasteiger partial charge < -0.3 is 10.1 Å². The minimum atomic E-state index is 0.0241. The highest BCUT2D eigenvalue weighted by Crippen LogP contribution is 2.31. The molecule has 1 atom stereocenters. The number of aryl methyl sites for hydroxylation is 1. The SMILES string of the molecule is COc1ccc(-c2nnc(SCC(=O)N[C@H]3CCCc4ccccc43)n2C(C)C)cc1. The number of carbonyl (C=O) groups is 1. The molecular weight excluding hydrogens is 408 g/mol. The third-order valence-electron chi connectivity index (χ3n) is 5.57. The van der Waals surface area contributed by atoms with Crippen LogP contribution in [0, 0.1) is 0 Å². The smallest absolute Gasteiger partial charge is 0.230 e. The van der Waals surface area contributed by atoms with Gasteiger partial charge in [-0.05, 0) is 68.5 Å². The van der Waals surface area contributed by atoms with Crippen molar-refractivity contribution in [2.24, 2.45) is 0 Å². The Labute approximate surface area is 187 Å². The van der Waals surface area contributed by atoms with E-state index in [4.69, 9.17) is 4.74 Å². The molecule has 0 spiro atoms. The number of nitrogens with zero attached hydrogens (tertiary/aromatic N) is 3. The molecule has 1 aromatic heterocycles. The molecule has 7 heteroatoms. The Balaban J connectivity index is 1.45. The Kier molecular flexibility index (Phi) is 6.61. The van der Waals surface area contributed by atoms with Crippen LogP contribution in [0.4, 0.5) is 0 Å². The summed E-state index contributed by atoms with van der Waals surface area (Å²) in [7, 11) is 1.65. The molecule has 4 rings (SSSR count). The van der Waals surface area contributed by atoms with Gasteiger partial charge in [0.25, 0.3) is 0 Å². The van der Waals surface area contributed by atoms with Crippen LogP contribution in [0.25, 0.3) is 11.4 Å². The Hall–Kier alpha value is -2.80. The summed E-state index contributed by atoms with van der Waals surface area (Å²) in [5.41, 5.74) is 3.56. The molecule has 1 heterocycles. The van der Waals surface area contributed by atoms with Crippen LogP contribution in [0.3, 0.4) is 0 Å². The van der Waals surface area contributed by atoms with Gasteiger partial charge in [-0.15, -0.1) is 10.2 Å². The monoisotopic (exact) mass is 436 g/mol. The van der Waals surface area contributed by atoms with E-state index in [1.165, 1.54) is 22.9 Å². The second-order valence-electron chi connectivity index (χ2n) is 8.00. The number of fused-ring (bicyclic) bond motifs is 1. The number of thioether (sulfide) groups is 1. The molecule has 0 bridgehead atoms. The summed E-state index contributed by atoms with van der Waals surface area (Å²) in [6, 6.07) is 16.4. The number of rotatable bonds is 7. The zero-order chi connectivity index (χ0) is 21.8. The van der Waals surface area contributed by atoms with Crippen molar-refractivity contribution >= 4 is 17.7 Å². The van der Waals surface area contributed by atoms with Gasteiger partial charge in [0, 0.05) is 11.6 Å². The van der Waals surface area contributed by atoms with Crippen LogP contribution in [-0.2, 0) is 11.2 Å². The first-order chi connectivity index (χ1) is 15.1. The van der Waals surface area contributed by atoms with Gasteiger partial charge in [-0.25, -0.2) is 0 Å². The number of hydrogen-bond donors (Lipinski definition) is 1. The van der Waals surface area contributed by atoms with Gasteiger partial charge in [0.05, 0.1) is 18.9 Å². The molecule has 0 fully saturated rings. The minimum absolute atomic E-state index is 0.0241. The first-order valence-corrected chi connectivity index (χ1v) is 11.6. The standard InChI is InChI=1S/C24H28N4O2S/c1-16(2)28-23(18-11-13-19(30-3)14-12-18)26-27-24(28)31-15-22(29)25-21-10-6-8-17-7-4-5-9-20(17)21/h4-5,7,9,11-14,16,21H,6,8,10,15H2,1-3H3,(H,25,29)/t21-/m0/s1. The number of aromatic nitrogens is 3. The van der Waals surface area contributed by atoms with Gasteiger partial charge in [-0.2, -0.15) is 0 Å². The van der Waals surface area contributed by atoms with Crippen molar-refractivity contribution < 1.29 is 9.53 Å². The fourth-order valence-corrected chi connectivity index (χ4v) is 4.93. The van der Waals surface area contributed by atoms with Crippen LogP contribution in [0.5, 0.6) is 5.75 Å². The number of amides is 1. The lowest BCUT2D eigenvalue weighted by atomic mass is 9.88. The van der Waals surface area contributed by atoms with E-state index in [-0.39, 0.29) is 18.0 Å². The molecule has 6 nitrogen and oxygen atoms in total. The molecule has 1 aliphatic rings. The zero-order valence-electron chi connectivity index (χ0n) is 18.2. The molecule has 0 unspecified atom stereocenters. The summed E-state index contributed by atoms with van der Waals surface area (Å²) >= 11 is 1.43. The Bertz CT molecular complexity index is 1050. The highest BCUT2D eigenvalue weighted by atomic mass is 32.2. The summed E-state index contributed by atoms with van der Waals surface area (Å²) < 4.78 is 7.32. The Morgan fingerprint density at radius 3 is 2.71 bits per heavy atom. The maximum atomic E-state index is 12.7. The Morgan fingerprint density at radius 1 is 1.19 bits per heavy atom. The normalized spacial score (nSPS) is 15.5. The minimum Gasteiger partial charge on any atom is -0.497 e. The fourth-order valence-electron chi connectivity index (χ4n) is 4.05. The van der Waals surface area contributed by atoms with E-state index < -0.39 is 0 Å². The summed E-state index contributed by atoms with van der Waals surface area (Å²) in [5.74, 6) is 1.93.